The summed E-state index contributed by atoms with van der Waals surface area (Å²) in [7, 11) is 1.80. The average molecular weight is 259 g/mol. The van der Waals surface area contributed by atoms with Gasteiger partial charge in [-0.25, -0.2) is 0 Å². The molecule has 19 heavy (non-hydrogen) atoms. The number of hydrogen-bond donors (Lipinski definition) is 2. The Morgan fingerprint density at radius 3 is 3.00 bits per heavy atom. The molecule has 1 atom stereocenters. The Morgan fingerprint density at radius 1 is 1.42 bits per heavy atom. The van der Waals surface area contributed by atoms with Gasteiger partial charge >= 0.3 is 0 Å². The van der Waals surface area contributed by atoms with Crippen LogP contribution < -0.4 is 15.5 Å². The molecule has 5 heteroatoms. The van der Waals surface area contributed by atoms with Gasteiger partial charge in [-0.2, -0.15) is 0 Å². The Hall–Kier alpha value is -1.88. The molecular formula is C14H17N3O2. The van der Waals surface area contributed by atoms with Gasteiger partial charge in [0.05, 0.1) is 12.3 Å². The minimum Gasteiger partial charge on any atom is -0.326 e. The van der Waals surface area contributed by atoms with Crippen LogP contribution in [-0.2, 0) is 16.0 Å². The first kappa shape index (κ1) is 12.2. The number of nitrogens with one attached hydrogen (secondary N) is 2. The average Bonchev–Trinajstić information content (AvgIpc) is 3.03. The maximum absolute atomic E-state index is 12.3. The number of carbonyl (C=O) groups is 2. The Bertz CT molecular complexity index is 535. The van der Waals surface area contributed by atoms with Crippen molar-refractivity contribution in [2.75, 3.05) is 30.4 Å². The summed E-state index contributed by atoms with van der Waals surface area (Å²) in [5, 5.41) is 6.00. The zero-order valence-corrected chi connectivity index (χ0v) is 10.9. The lowest BCUT2D eigenvalue weighted by molar-refractivity contribution is -0.121. The lowest BCUT2D eigenvalue weighted by Crippen LogP contribution is -2.33. The van der Waals surface area contributed by atoms with E-state index in [4.69, 9.17) is 0 Å². The van der Waals surface area contributed by atoms with Crippen molar-refractivity contribution in [3.63, 3.8) is 0 Å². The van der Waals surface area contributed by atoms with E-state index in [9.17, 15) is 9.59 Å². The number of anilines is 2. The Balaban J connectivity index is 1.80. The number of carbonyl (C=O) groups excluding carboxylic acids is 2. The summed E-state index contributed by atoms with van der Waals surface area (Å²) >= 11 is 0. The molecule has 1 fully saturated rings. The van der Waals surface area contributed by atoms with E-state index in [1.165, 1.54) is 0 Å². The van der Waals surface area contributed by atoms with Crippen LogP contribution >= 0.6 is 0 Å². The number of hydrogen-bond acceptors (Lipinski definition) is 3. The minimum atomic E-state index is 0.0149. The van der Waals surface area contributed by atoms with E-state index in [-0.39, 0.29) is 17.7 Å². The van der Waals surface area contributed by atoms with E-state index in [0.717, 1.165) is 36.4 Å². The molecule has 0 spiro atoms. The van der Waals surface area contributed by atoms with Crippen molar-refractivity contribution in [1.82, 2.24) is 5.32 Å². The molecule has 5 nitrogen and oxygen atoms in total. The standard InChI is InChI=1S/C14H17N3O2/c1-17(14(19)9-4-5-15-8-9)11-2-3-12-10(6-11)7-13(18)16-12/h2-3,6,9,15H,4-5,7-8H2,1H3,(H,16,18). The molecule has 2 aliphatic rings. The van der Waals surface area contributed by atoms with Crippen LogP contribution in [0.25, 0.3) is 0 Å². The molecule has 1 unspecified atom stereocenters. The van der Waals surface area contributed by atoms with Gasteiger partial charge in [0.15, 0.2) is 0 Å². The second kappa shape index (κ2) is 4.66. The van der Waals surface area contributed by atoms with Crippen molar-refractivity contribution in [2.45, 2.75) is 12.8 Å². The Labute approximate surface area is 112 Å². The number of benzene rings is 1. The second-order valence-corrected chi connectivity index (χ2v) is 5.15. The molecule has 0 aliphatic carbocycles. The molecule has 2 amide bonds. The third kappa shape index (κ3) is 2.21. The molecule has 2 N–H and O–H groups in total. The van der Waals surface area contributed by atoms with E-state index in [0.29, 0.717) is 6.42 Å². The molecule has 0 saturated carbocycles. The summed E-state index contributed by atoms with van der Waals surface area (Å²) in [5.41, 5.74) is 2.68. The fourth-order valence-corrected chi connectivity index (χ4v) is 2.69. The summed E-state index contributed by atoms with van der Waals surface area (Å²) < 4.78 is 0. The highest BCUT2D eigenvalue weighted by Crippen LogP contribution is 2.28. The van der Waals surface area contributed by atoms with Gasteiger partial charge in [0, 0.05) is 25.0 Å². The summed E-state index contributed by atoms with van der Waals surface area (Å²) in [4.78, 5) is 25.3. The normalized spacial score (nSPS) is 21.1. The third-order valence-electron chi connectivity index (χ3n) is 3.84. The second-order valence-electron chi connectivity index (χ2n) is 5.15. The van der Waals surface area contributed by atoms with Crippen molar-refractivity contribution in [3.8, 4) is 0 Å². The highest BCUT2D eigenvalue weighted by atomic mass is 16.2. The first-order valence-corrected chi connectivity index (χ1v) is 6.56. The summed E-state index contributed by atoms with van der Waals surface area (Å²) in [6, 6.07) is 5.67. The van der Waals surface area contributed by atoms with Crippen LogP contribution in [0.15, 0.2) is 18.2 Å². The third-order valence-corrected chi connectivity index (χ3v) is 3.84. The molecule has 0 aromatic heterocycles. The van der Waals surface area contributed by atoms with Crippen LogP contribution in [-0.4, -0.2) is 32.0 Å². The van der Waals surface area contributed by atoms with Crippen molar-refractivity contribution in [3.05, 3.63) is 23.8 Å². The number of fused-ring (bicyclic) bond motifs is 1. The summed E-state index contributed by atoms with van der Waals surface area (Å²) in [6.45, 7) is 1.67. The van der Waals surface area contributed by atoms with Crippen LogP contribution in [0, 0.1) is 5.92 Å². The van der Waals surface area contributed by atoms with Gasteiger partial charge in [-0.05, 0) is 36.7 Å². The highest BCUT2D eigenvalue weighted by molar-refractivity contribution is 6.01. The number of amides is 2. The van der Waals surface area contributed by atoms with Gasteiger partial charge in [-0.3, -0.25) is 9.59 Å². The molecule has 100 valence electrons. The van der Waals surface area contributed by atoms with Gasteiger partial charge in [0.25, 0.3) is 0 Å². The molecule has 2 aliphatic heterocycles. The van der Waals surface area contributed by atoms with Crippen molar-refractivity contribution >= 4 is 23.2 Å². The van der Waals surface area contributed by atoms with E-state index in [1.54, 1.807) is 11.9 Å². The zero-order valence-electron chi connectivity index (χ0n) is 10.9. The van der Waals surface area contributed by atoms with E-state index >= 15 is 0 Å². The van der Waals surface area contributed by atoms with Gasteiger partial charge in [-0.1, -0.05) is 0 Å². The number of nitrogens with zero attached hydrogens (tertiary/aromatic N) is 1. The molecule has 2 heterocycles. The SMILES string of the molecule is CN(C(=O)C1CCNC1)c1ccc2c(c1)CC(=O)N2. The molecule has 1 saturated heterocycles. The maximum Gasteiger partial charge on any atom is 0.231 e. The molecule has 0 bridgehead atoms. The minimum absolute atomic E-state index is 0.0149. The van der Waals surface area contributed by atoms with Crippen molar-refractivity contribution in [2.24, 2.45) is 5.92 Å². The fraction of sp³-hybridized carbons (Fsp3) is 0.429. The van der Waals surface area contributed by atoms with Crippen LogP contribution in [0.5, 0.6) is 0 Å². The zero-order chi connectivity index (χ0) is 13.4. The monoisotopic (exact) mass is 259 g/mol. The van der Waals surface area contributed by atoms with Gasteiger partial charge in [0.1, 0.15) is 0 Å². The van der Waals surface area contributed by atoms with Gasteiger partial charge in [-0.15, -0.1) is 0 Å². The van der Waals surface area contributed by atoms with Crippen LogP contribution in [0.4, 0.5) is 11.4 Å². The topological polar surface area (TPSA) is 61.4 Å². The molecule has 3 rings (SSSR count). The lowest BCUT2D eigenvalue weighted by Gasteiger charge is -2.21. The summed E-state index contributed by atoms with van der Waals surface area (Å²) in [6.07, 6.45) is 1.30. The smallest absolute Gasteiger partial charge is 0.231 e. The predicted molar refractivity (Wildman–Crippen MR) is 73.2 cm³/mol. The van der Waals surface area contributed by atoms with Crippen LogP contribution in [0.1, 0.15) is 12.0 Å². The largest absolute Gasteiger partial charge is 0.326 e. The van der Waals surface area contributed by atoms with Crippen molar-refractivity contribution in [1.29, 1.82) is 0 Å². The van der Waals surface area contributed by atoms with E-state index in [1.807, 2.05) is 18.2 Å². The van der Waals surface area contributed by atoms with Crippen molar-refractivity contribution < 1.29 is 9.59 Å². The van der Waals surface area contributed by atoms with E-state index in [2.05, 4.69) is 10.6 Å². The Kier molecular flexibility index (Phi) is 2.98. The van der Waals surface area contributed by atoms with Crippen LogP contribution in [0.3, 0.4) is 0 Å². The van der Waals surface area contributed by atoms with Crippen LogP contribution in [0.2, 0.25) is 0 Å². The quantitative estimate of drug-likeness (QED) is 0.824. The first-order valence-electron chi connectivity index (χ1n) is 6.56. The maximum atomic E-state index is 12.3. The Morgan fingerprint density at radius 2 is 2.26 bits per heavy atom. The molecule has 1 aromatic carbocycles. The molecule has 0 radical (unpaired) electrons. The molecular weight excluding hydrogens is 242 g/mol. The summed E-state index contributed by atoms with van der Waals surface area (Å²) in [5.74, 6) is 0.223. The lowest BCUT2D eigenvalue weighted by atomic mass is 10.1. The number of rotatable bonds is 2. The fourth-order valence-electron chi connectivity index (χ4n) is 2.69. The highest BCUT2D eigenvalue weighted by Gasteiger charge is 2.27. The van der Waals surface area contributed by atoms with Gasteiger partial charge < -0.3 is 15.5 Å². The van der Waals surface area contributed by atoms with Gasteiger partial charge in [0.2, 0.25) is 11.8 Å². The first-order chi connectivity index (χ1) is 9.15. The van der Waals surface area contributed by atoms with E-state index < -0.39 is 0 Å². The predicted octanol–water partition coefficient (Wildman–Crippen LogP) is 0.754. The molecule has 1 aromatic rings.